The second kappa shape index (κ2) is 8.63. The Morgan fingerprint density at radius 2 is 1.76 bits per heavy atom. The lowest BCUT2D eigenvalue weighted by molar-refractivity contribution is 0.0933. The Balaban J connectivity index is 1.48. The van der Waals surface area contributed by atoms with Gasteiger partial charge in [-0.05, 0) is 49.0 Å². The van der Waals surface area contributed by atoms with E-state index in [2.05, 4.69) is 39.5 Å². The SMILES string of the molecule is C[C@@H](NC(=O)c1c[nH]c(=S)n1-c1ccccc1)c1ccc(N2CCOCC2)cc1. The second-order valence-electron chi connectivity index (χ2n) is 7.04. The highest BCUT2D eigenvalue weighted by atomic mass is 32.1. The van der Waals surface area contributed by atoms with Crippen molar-refractivity contribution in [1.29, 1.82) is 0 Å². The van der Waals surface area contributed by atoms with Gasteiger partial charge < -0.3 is 19.9 Å². The molecule has 1 fully saturated rings. The molecule has 150 valence electrons. The number of para-hydroxylation sites is 1. The smallest absolute Gasteiger partial charge is 0.270 e. The van der Waals surface area contributed by atoms with Gasteiger partial charge in [-0.2, -0.15) is 0 Å². The van der Waals surface area contributed by atoms with Crippen LogP contribution in [0.15, 0.2) is 60.8 Å². The van der Waals surface area contributed by atoms with Crippen molar-refractivity contribution >= 4 is 23.8 Å². The maximum atomic E-state index is 12.9. The molecular formula is C22H24N4O2S. The van der Waals surface area contributed by atoms with E-state index in [-0.39, 0.29) is 11.9 Å². The number of carbonyl (C=O) groups is 1. The van der Waals surface area contributed by atoms with E-state index in [0.717, 1.165) is 37.6 Å². The number of morpholine rings is 1. The van der Waals surface area contributed by atoms with Gasteiger partial charge in [0.15, 0.2) is 4.77 Å². The van der Waals surface area contributed by atoms with Crippen molar-refractivity contribution in [3.8, 4) is 5.69 Å². The minimum Gasteiger partial charge on any atom is -0.378 e. The highest BCUT2D eigenvalue weighted by Gasteiger charge is 2.18. The van der Waals surface area contributed by atoms with E-state index in [1.54, 1.807) is 10.8 Å². The molecule has 0 unspecified atom stereocenters. The summed E-state index contributed by atoms with van der Waals surface area (Å²) < 4.78 is 7.65. The van der Waals surface area contributed by atoms with Crippen LogP contribution in [0.25, 0.3) is 5.69 Å². The van der Waals surface area contributed by atoms with Crippen LogP contribution in [-0.2, 0) is 4.74 Å². The van der Waals surface area contributed by atoms with Crippen LogP contribution in [0.4, 0.5) is 5.69 Å². The zero-order valence-corrected chi connectivity index (χ0v) is 17.1. The number of amides is 1. The normalized spacial score (nSPS) is 15.1. The molecule has 1 aliphatic rings. The molecule has 3 aromatic rings. The average Bonchev–Trinajstić information content (AvgIpc) is 3.16. The molecule has 1 atom stereocenters. The molecule has 7 heteroatoms. The zero-order chi connectivity index (χ0) is 20.2. The Labute approximate surface area is 175 Å². The average molecular weight is 409 g/mol. The van der Waals surface area contributed by atoms with Gasteiger partial charge in [0.2, 0.25) is 0 Å². The summed E-state index contributed by atoms with van der Waals surface area (Å²) in [4.78, 5) is 18.2. The molecule has 2 N–H and O–H groups in total. The van der Waals surface area contributed by atoms with E-state index in [4.69, 9.17) is 17.0 Å². The number of H-pyrrole nitrogens is 1. The maximum Gasteiger partial charge on any atom is 0.270 e. The number of ether oxygens (including phenoxy) is 1. The summed E-state index contributed by atoms with van der Waals surface area (Å²) in [5, 5.41) is 3.08. The van der Waals surface area contributed by atoms with Crippen LogP contribution in [-0.4, -0.2) is 41.8 Å². The highest BCUT2D eigenvalue weighted by molar-refractivity contribution is 7.71. The summed E-state index contributed by atoms with van der Waals surface area (Å²) in [5.41, 5.74) is 3.57. The minimum absolute atomic E-state index is 0.131. The number of hydrogen-bond acceptors (Lipinski definition) is 4. The molecule has 0 bridgehead atoms. The third kappa shape index (κ3) is 4.26. The number of nitrogens with zero attached hydrogens (tertiary/aromatic N) is 2. The summed E-state index contributed by atoms with van der Waals surface area (Å²) in [7, 11) is 0. The van der Waals surface area contributed by atoms with Crippen LogP contribution in [0, 0.1) is 4.77 Å². The van der Waals surface area contributed by atoms with E-state index in [0.29, 0.717) is 10.5 Å². The van der Waals surface area contributed by atoms with Gasteiger partial charge in [0.1, 0.15) is 5.69 Å². The van der Waals surface area contributed by atoms with Crippen molar-refractivity contribution < 1.29 is 9.53 Å². The maximum absolute atomic E-state index is 12.9. The fraction of sp³-hybridized carbons (Fsp3) is 0.273. The van der Waals surface area contributed by atoms with E-state index >= 15 is 0 Å². The monoisotopic (exact) mass is 408 g/mol. The summed E-state index contributed by atoms with van der Waals surface area (Å²) >= 11 is 5.37. The first-order valence-corrected chi connectivity index (χ1v) is 10.1. The number of anilines is 1. The lowest BCUT2D eigenvalue weighted by Crippen LogP contribution is -2.36. The largest absolute Gasteiger partial charge is 0.378 e. The summed E-state index contributed by atoms with van der Waals surface area (Å²) in [6.07, 6.45) is 1.65. The number of aromatic nitrogens is 2. The van der Waals surface area contributed by atoms with Crippen LogP contribution >= 0.6 is 12.2 Å². The Morgan fingerprint density at radius 1 is 1.07 bits per heavy atom. The van der Waals surface area contributed by atoms with Crippen molar-refractivity contribution in [1.82, 2.24) is 14.9 Å². The number of rotatable bonds is 5. The van der Waals surface area contributed by atoms with Gasteiger partial charge in [-0.1, -0.05) is 30.3 Å². The van der Waals surface area contributed by atoms with Gasteiger partial charge in [0.25, 0.3) is 5.91 Å². The molecule has 29 heavy (non-hydrogen) atoms. The molecule has 0 radical (unpaired) electrons. The molecule has 1 amide bonds. The van der Waals surface area contributed by atoms with Gasteiger partial charge in [0.05, 0.1) is 19.3 Å². The number of imidazole rings is 1. The standard InChI is InChI=1S/C22H24N4O2S/c1-16(17-7-9-18(10-8-17)25-11-13-28-14-12-25)24-21(27)20-15-23-22(29)26(20)19-5-3-2-4-6-19/h2-10,15-16H,11-14H2,1H3,(H,23,29)(H,24,27)/t16-/m1/s1. The van der Waals surface area contributed by atoms with Gasteiger partial charge in [-0.3, -0.25) is 9.36 Å². The lowest BCUT2D eigenvalue weighted by atomic mass is 10.1. The third-order valence-corrected chi connectivity index (χ3v) is 5.44. The van der Waals surface area contributed by atoms with Crippen LogP contribution < -0.4 is 10.2 Å². The molecule has 6 nitrogen and oxygen atoms in total. The van der Waals surface area contributed by atoms with E-state index in [1.165, 1.54) is 5.69 Å². The van der Waals surface area contributed by atoms with Crippen LogP contribution in [0.5, 0.6) is 0 Å². The number of carbonyl (C=O) groups excluding carboxylic acids is 1. The fourth-order valence-corrected chi connectivity index (χ4v) is 3.78. The molecular weight excluding hydrogens is 384 g/mol. The summed E-state index contributed by atoms with van der Waals surface area (Å²) in [6.45, 7) is 5.31. The number of hydrogen-bond donors (Lipinski definition) is 2. The molecule has 1 aromatic heterocycles. The number of nitrogens with one attached hydrogen (secondary N) is 2. The topological polar surface area (TPSA) is 62.3 Å². The fourth-order valence-electron chi connectivity index (χ4n) is 3.52. The van der Waals surface area contributed by atoms with Crippen molar-refractivity contribution in [2.24, 2.45) is 0 Å². The molecule has 1 aliphatic heterocycles. The van der Waals surface area contributed by atoms with Gasteiger partial charge in [-0.15, -0.1) is 0 Å². The molecule has 4 rings (SSSR count). The number of aromatic amines is 1. The first-order chi connectivity index (χ1) is 14.1. The highest BCUT2D eigenvalue weighted by Crippen LogP contribution is 2.21. The van der Waals surface area contributed by atoms with Crippen molar-refractivity contribution in [3.05, 3.63) is 76.8 Å². The molecule has 1 saturated heterocycles. The molecule has 0 aliphatic carbocycles. The van der Waals surface area contributed by atoms with Crippen LogP contribution in [0.2, 0.25) is 0 Å². The Hall–Kier alpha value is -2.90. The third-order valence-electron chi connectivity index (χ3n) is 5.14. The minimum atomic E-state index is -0.175. The Kier molecular flexibility index (Phi) is 5.78. The number of benzene rings is 2. The molecule has 0 spiro atoms. The Bertz CT molecular complexity index is 1020. The van der Waals surface area contributed by atoms with Crippen molar-refractivity contribution in [3.63, 3.8) is 0 Å². The van der Waals surface area contributed by atoms with E-state index in [9.17, 15) is 4.79 Å². The first kappa shape index (κ1) is 19.4. The lowest BCUT2D eigenvalue weighted by Gasteiger charge is -2.29. The van der Waals surface area contributed by atoms with Crippen molar-refractivity contribution in [2.45, 2.75) is 13.0 Å². The zero-order valence-electron chi connectivity index (χ0n) is 16.3. The predicted molar refractivity (Wildman–Crippen MR) is 116 cm³/mol. The van der Waals surface area contributed by atoms with Gasteiger partial charge >= 0.3 is 0 Å². The van der Waals surface area contributed by atoms with Crippen LogP contribution in [0.3, 0.4) is 0 Å². The van der Waals surface area contributed by atoms with Crippen LogP contribution in [0.1, 0.15) is 29.0 Å². The van der Waals surface area contributed by atoms with E-state index < -0.39 is 0 Å². The Morgan fingerprint density at radius 3 is 2.45 bits per heavy atom. The summed E-state index contributed by atoms with van der Waals surface area (Å²) in [5.74, 6) is -0.175. The predicted octanol–water partition coefficient (Wildman–Crippen LogP) is 3.86. The second-order valence-corrected chi connectivity index (χ2v) is 7.42. The van der Waals surface area contributed by atoms with Crippen molar-refractivity contribution in [2.75, 3.05) is 31.2 Å². The van der Waals surface area contributed by atoms with E-state index in [1.807, 2.05) is 37.3 Å². The molecule has 0 saturated carbocycles. The van der Waals surface area contributed by atoms with Gasteiger partial charge in [-0.25, -0.2) is 0 Å². The summed E-state index contributed by atoms with van der Waals surface area (Å²) in [6, 6.07) is 17.8. The quantitative estimate of drug-likeness (QED) is 0.630. The first-order valence-electron chi connectivity index (χ1n) is 9.73. The molecule has 2 heterocycles. The van der Waals surface area contributed by atoms with Gasteiger partial charge in [0, 0.05) is 30.7 Å². The molecule has 2 aromatic carbocycles.